The summed E-state index contributed by atoms with van der Waals surface area (Å²) >= 11 is 10.6. The lowest BCUT2D eigenvalue weighted by atomic mass is 10.1. The van der Waals surface area contributed by atoms with E-state index in [1.165, 1.54) is 0 Å². The van der Waals surface area contributed by atoms with Crippen molar-refractivity contribution in [3.05, 3.63) is 0 Å². The molecule has 88 valence electrons. The Kier molecular flexibility index (Phi) is 7.52. The Balaban J connectivity index is 4.05. The predicted octanol–water partition coefficient (Wildman–Crippen LogP) is 1.15. The van der Waals surface area contributed by atoms with Crippen molar-refractivity contribution in [2.75, 3.05) is 18.4 Å². The first-order valence-electron chi connectivity index (χ1n) is 4.58. The Morgan fingerprint density at radius 3 is 2.27 bits per heavy atom. The Bertz CT molecular complexity index is 221. The summed E-state index contributed by atoms with van der Waals surface area (Å²) < 4.78 is 4.83. The molecular formula is C9H15Cl2NO3. The Labute approximate surface area is 99.3 Å². The van der Waals surface area contributed by atoms with Crippen LogP contribution in [0.3, 0.4) is 0 Å². The van der Waals surface area contributed by atoms with Crippen LogP contribution in [0.5, 0.6) is 0 Å². The molecule has 0 radical (unpaired) electrons. The largest absolute Gasteiger partial charge is 0.463 e. The van der Waals surface area contributed by atoms with Gasteiger partial charge in [0.05, 0.1) is 6.04 Å². The first-order valence-corrected chi connectivity index (χ1v) is 5.65. The normalized spacial score (nSPS) is 12.3. The van der Waals surface area contributed by atoms with E-state index in [0.29, 0.717) is 0 Å². The van der Waals surface area contributed by atoms with Crippen molar-refractivity contribution in [2.24, 2.45) is 5.92 Å². The molecule has 1 amide bonds. The Morgan fingerprint density at radius 1 is 1.27 bits per heavy atom. The van der Waals surface area contributed by atoms with Gasteiger partial charge in [-0.2, -0.15) is 0 Å². The number of carbonyl (C=O) groups excluding carboxylic acids is 2. The number of hydrogen-bond donors (Lipinski definition) is 1. The summed E-state index contributed by atoms with van der Waals surface area (Å²) in [6.45, 7) is 3.94. The monoisotopic (exact) mass is 255 g/mol. The van der Waals surface area contributed by atoms with Crippen molar-refractivity contribution in [3.8, 4) is 0 Å². The molecule has 1 atom stereocenters. The minimum absolute atomic E-state index is 0.104. The van der Waals surface area contributed by atoms with Gasteiger partial charge in [0.2, 0.25) is 5.91 Å². The summed E-state index contributed by atoms with van der Waals surface area (Å²) in [5.41, 5.74) is 0. The van der Waals surface area contributed by atoms with Crippen LogP contribution in [0.4, 0.5) is 0 Å². The summed E-state index contributed by atoms with van der Waals surface area (Å²) in [5, 5.41) is 2.65. The van der Waals surface area contributed by atoms with Crippen LogP contribution in [0, 0.1) is 5.92 Å². The van der Waals surface area contributed by atoms with Gasteiger partial charge in [-0.3, -0.25) is 9.59 Å². The summed E-state index contributed by atoms with van der Waals surface area (Å²) in [6.07, 6.45) is 0. The lowest BCUT2D eigenvalue weighted by molar-refractivity contribution is -0.142. The zero-order valence-electron chi connectivity index (χ0n) is 8.76. The van der Waals surface area contributed by atoms with Crippen LogP contribution in [0.2, 0.25) is 0 Å². The predicted molar refractivity (Wildman–Crippen MR) is 59.2 cm³/mol. The van der Waals surface area contributed by atoms with Gasteiger partial charge in [0.15, 0.2) is 0 Å². The molecule has 0 aromatic rings. The minimum atomic E-state index is -0.498. The molecule has 0 aliphatic rings. The lowest BCUT2D eigenvalue weighted by Gasteiger charge is -2.21. The molecule has 0 rings (SSSR count). The van der Waals surface area contributed by atoms with Crippen LogP contribution in [0.25, 0.3) is 0 Å². The van der Waals surface area contributed by atoms with E-state index in [2.05, 4.69) is 5.32 Å². The molecule has 4 nitrogen and oxygen atoms in total. The number of nitrogens with one attached hydrogen (secondary N) is 1. The van der Waals surface area contributed by atoms with Crippen molar-refractivity contribution in [2.45, 2.75) is 19.9 Å². The molecule has 6 heteroatoms. The van der Waals surface area contributed by atoms with Crippen molar-refractivity contribution < 1.29 is 14.3 Å². The SMILES string of the molecule is CC(C)C(COC(=O)CCl)NC(=O)CCl. The van der Waals surface area contributed by atoms with Crippen molar-refractivity contribution >= 4 is 35.1 Å². The van der Waals surface area contributed by atoms with Gasteiger partial charge in [0, 0.05) is 0 Å². The van der Waals surface area contributed by atoms with Gasteiger partial charge in [-0.15, -0.1) is 23.2 Å². The molecule has 0 spiro atoms. The number of amides is 1. The Morgan fingerprint density at radius 2 is 1.87 bits per heavy atom. The van der Waals surface area contributed by atoms with Crippen LogP contribution < -0.4 is 5.32 Å². The molecule has 0 aliphatic heterocycles. The number of hydrogen-bond acceptors (Lipinski definition) is 3. The summed E-state index contributed by atoms with van der Waals surface area (Å²) in [6, 6.07) is -0.233. The van der Waals surface area contributed by atoms with Crippen molar-refractivity contribution in [3.63, 3.8) is 0 Å². The van der Waals surface area contributed by atoms with Crippen LogP contribution in [-0.4, -0.2) is 36.3 Å². The van der Waals surface area contributed by atoms with Gasteiger partial charge in [-0.1, -0.05) is 13.8 Å². The second-order valence-corrected chi connectivity index (χ2v) is 3.90. The van der Waals surface area contributed by atoms with Crippen LogP contribution in [0.15, 0.2) is 0 Å². The highest BCUT2D eigenvalue weighted by Crippen LogP contribution is 2.03. The number of carbonyl (C=O) groups is 2. The van der Waals surface area contributed by atoms with E-state index in [1.54, 1.807) is 0 Å². The molecule has 1 N–H and O–H groups in total. The van der Waals surface area contributed by atoms with Gasteiger partial charge in [-0.05, 0) is 5.92 Å². The molecule has 0 aliphatic carbocycles. The highest BCUT2D eigenvalue weighted by Gasteiger charge is 2.17. The maximum atomic E-state index is 11.0. The van der Waals surface area contributed by atoms with Crippen LogP contribution in [0.1, 0.15) is 13.8 Å². The van der Waals surface area contributed by atoms with Crippen molar-refractivity contribution in [1.29, 1.82) is 0 Å². The van der Waals surface area contributed by atoms with E-state index in [9.17, 15) is 9.59 Å². The third kappa shape index (κ3) is 6.57. The summed E-state index contributed by atoms with van der Waals surface area (Å²) in [7, 11) is 0. The third-order valence-electron chi connectivity index (χ3n) is 1.81. The zero-order chi connectivity index (χ0) is 11.8. The molecule has 0 saturated heterocycles. The van der Waals surface area contributed by atoms with Gasteiger partial charge in [-0.25, -0.2) is 0 Å². The Hall–Kier alpha value is -0.480. The van der Waals surface area contributed by atoms with E-state index in [-0.39, 0.29) is 36.2 Å². The van der Waals surface area contributed by atoms with Crippen LogP contribution in [-0.2, 0) is 14.3 Å². The second-order valence-electron chi connectivity index (χ2n) is 3.37. The fourth-order valence-corrected chi connectivity index (χ4v) is 1.02. The average molecular weight is 256 g/mol. The maximum absolute atomic E-state index is 11.0. The van der Waals surface area contributed by atoms with Crippen LogP contribution >= 0.6 is 23.2 Å². The molecule has 0 aromatic carbocycles. The standard InChI is InChI=1S/C9H15Cl2NO3/c1-6(2)7(12-8(13)3-10)5-15-9(14)4-11/h6-7H,3-5H2,1-2H3,(H,12,13). The molecule has 0 bridgehead atoms. The maximum Gasteiger partial charge on any atom is 0.320 e. The summed E-state index contributed by atoms with van der Waals surface area (Å²) in [4.78, 5) is 21.8. The van der Waals surface area contributed by atoms with E-state index >= 15 is 0 Å². The molecule has 0 aromatic heterocycles. The number of ether oxygens (including phenoxy) is 1. The highest BCUT2D eigenvalue weighted by atomic mass is 35.5. The quantitative estimate of drug-likeness (QED) is 0.573. The third-order valence-corrected chi connectivity index (χ3v) is 2.27. The van der Waals surface area contributed by atoms with E-state index in [4.69, 9.17) is 27.9 Å². The van der Waals surface area contributed by atoms with Crippen molar-refractivity contribution in [1.82, 2.24) is 5.32 Å². The van der Waals surface area contributed by atoms with E-state index in [1.807, 2.05) is 13.8 Å². The first-order chi connectivity index (χ1) is 7.01. The zero-order valence-corrected chi connectivity index (χ0v) is 10.3. The number of halogens is 2. The molecule has 0 saturated carbocycles. The van der Waals surface area contributed by atoms with E-state index in [0.717, 1.165) is 0 Å². The average Bonchev–Trinajstić information content (AvgIpc) is 2.22. The molecule has 1 unspecified atom stereocenters. The fourth-order valence-electron chi connectivity index (χ4n) is 0.867. The van der Waals surface area contributed by atoms with Gasteiger partial charge in [0.25, 0.3) is 0 Å². The first kappa shape index (κ1) is 14.5. The van der Waals surface area contributed by atoms with E-state index < -0.39 is 5.97 Å². The van der Waals surface area contributed by atoms with Gasteiger partial charge < -0.3 is 10.1 Å². The molecule has 15 heavy (non-hydrogen) atoms. The van der Waals surface area contributed by atoms with Gasteiger partial charge in [0.1, 0.15) is 18.4 Å². The second kappa shape index (κ2) is 7.77. The van der Waals surface area contributed by atoms with Gasteiger partial charge >= 0.3 is 5.97 Å². The lowest BCUT2D eigenvalue weighted by Crippen LogP contribution is -2.43. The molecule has 0 fully saturated rings. The number of alkyl halides is 2. The highest BCUT2D eigenvalue weighted by molar-refractivity contribution is 6.27. The fraction of sp³-hybridized carbons (Fsp3) is 0.778. The summed E-state index contributed by atoms with van der Waals surface area (Å²) in [5.74, 6) is -0.916. The topological polar surface area (TPSA) is 55.4 Å². The number of esters is 1. The minimum Gasteiger partial charge on any atom is -0.463 e. The molecular weight excluding hydrogens is 241 g/mol. The molecule has 0 heterocycles. The number of rotatable bonds is 6. The smallest absolute Gasteiger partial charge is 0.320 e.